The monoisotopic (exact) mass is 198 g/mol. The van der Waals surface area contributed by atoms with Crippen molar-refractivity contribution < 1.29 is 14.6 Å². The van der Waals surface area contributed by atoms with E-state index in [-0.39, 0.29) is 5.92 Å². The van der Waals surface area contributed by atoms with E-state index in [9.17, 15) is 4.79 Å². The molecule has 3 nitrogen and oxygen atoms in total. The second-order valence-electron chi connectivity index (χ2n) is 4.49. The second-order valence-corrected chi connectivity index (χ2v) is 4.49. The molecule has 0 radical (unpaired) electrons. The number of ether oxygens (including phenoxy) is 1. The number of carboxylic acid groups (broad SMARTS) is 1. The minimum Gasteiger partial charge on any atom is -0.481 e. The van der Waals surface area contributed by atoms with Crippen LogP contribution in [0.3, 0.4) is 0 Å². The molecule has 2 aliphatic rings. The van der Waals surface area contributed by atoms with Crippen molar-refractivity contribution in [2.45, 2.75) is 32.1 Å². The fourth-order valence-electron chi connectivity index (χ4n) is 3.00. The zero-order valence-electron chi connectivity index (χ0n) is 8.45. The van der Waals surface area contributed by atoms with E-state index in [4.69, 9.17) is 9.84 Å². The Morgan fingerprint density at radius 3 is 2.50 bits per heavy atom. The summed E-state index contributed by atoms with van der Waals surface area (Å²) in [5, 5.41) is 9.08. The lowest BCUT2D eigenvalue weighted by Gasteiger charge is -2.29. The van der Waals surface area contributed by atoms with Crippen LogP contribution in [0.4, 0.5) is 0 Å². The van der Waals surface area contributed by atoms with Gasteiger partial charge in [-0.05, 0) is 37.5 Å². The maximum absolute atomic E-state index is 11.0. The summed E-state index contributed by atoms with van der Waals surface area (Å²) in [6.45, 7) is 1.65. The van der Waals surface area contributed by atoms with Gasteiger partial charge in [-0.3, -0.25) is 4.79 Å². The predicted octanol–water partition coefficient (Wildman–Crippen LogP) is 1.91. The SMILES string of the molecule is O=C(O)C1CCCC1C1CCOCC1. The zero-order valence-corrected chi connectivity index (χ0v) is 8.45. The average Bonchev–Trinajstić information content (AvgIpc) is 2.67. The highest BCUT2D eigenvalue weighted by atomic mass is 16.5. The molecule has 1 heterocycles. The van der Waals surface area contributed by atoms with E-state index < -0.39 is 5.97 Å². The Morgan fingerprint density at radius 1 is 1.14 bits per heavy atom. The highest BCUT2D eigenvalue weighted by Gasteiger charge is 2.38. The lowest BCUT2D eigenvalue weighted by Crippen LogP contribution is -2.29. The van der Waals surface area contributed by atoms with Gasteiger partial charge in [-0.15, -0.1) is 0 Å². The lowest BCUT2D eigenvalue weighted by molar-refractivity contribution is -0.144. The molecule has 0 spiro atoms. The van der Waals surface area contributed by atoms with Gasteiger partial charge in [0.05, 0.1) is 5.92 Å². The molecule has 0 aromatic heterocycles. The molecular formula is C11H18O3. The first-order chi connectivity index (χ1) is 6.79. The van der Waals surface area contributed by atoms with Crippen LogP contribution in [0.5, 0.6) is 0 Å². The van der Waals surface area contributed by atoms with E-state index in [0.717, 1.165) is 45.3 Å². The van der Waals surface area contributed by atoms with Gasteiger partial charge < -0.3 is 9.84 Å². The van der Waals surface area contributed by atoms with Crippen LogP contribution in [0.2, 0.25) is 0 Å². The van der Waals surface area contributed by atoms with Gasteiger partial charge in [-0.1, -0.05) is 6.42 Å². The normalized spacial score (nSPS) is 34.6. The Hall–Kier alpha value is -0.570. The predicted molar refractivity (Wildman–Crippen MR) is 52.0 cm³/mol. The summed E-state index contributed by atoms with van der Waals surface area (Å²) >= 11 is 0. The van der Waals surface area contributed by atoms with Crippen LogP contribution in [0.1, 0.15) is 32.1 Å². The molecule has 0 aromatic rings. The van der Waals surface area contributed by atoms with Crippen LogP contribution in [0.25, 0.3) is 0 Å². The summed E-state index contributed by atoms with van der Waals surface area (Å²) in [6.07, 6.45) is 5.22. The highest BCUT2D eigenvalue weighted by Crippen LogP contribution is 2.40. The van der Waals surface area contributed by atoms with E-state index in [2.05, 4.69) is 0 Å². The molecule has 0 bridgehead atoms. The number of hydrogen-bond donors (Lipinski definition) is 1. The maximum atomic E-state index is 11.0. The standard InChI is InChI=1S/C11H18O3/c12-11(13)10-3-1-2-9(10)8-4-6-14-7-5-8/h8-10H,1-7H2,(H,12,13). The Bertz CT molecular complexity index is 209. The number of carboxylic acids is 1. The lowest BCUT2D eigenvalue weighted by atomic mass is 9.79. The fourth-order valence-corrected chi connectivity index (χ4v) is 3.00. The molecule has 2 atom stereocenters. The van der Waals surface area contributed by atoms with Gasteiger partial charge >= 0.3 is 5.97 Å². The molecule has 2 rings (SSSR count). The molecule has 1 saturated heterocycles. The second kappa shape index (κ2) is 4.30. The van der Waals surface area contributed by atoms with Gasteiger partial charge in [-0.25, -0.2) is 0 Å². The molecule has 1 N–H and O–H groups in total. The number of hydrogen-bond acceptors (Lipinski definition) is 2. The largest absolute Gasteiger partial charge is 0.481 e. The quantitative estimate of drug-likeness (QED) is 0.737. The fraction of sp³-hybridized carbons (Fsp3) is 0.909. The van der Waals surface area contributed by atoms with Crippen LogP contribution in [-0.2, 0) is 9.53 Å². The van der Waals surface area contributed by atoms with Crippen LogP contribution >= 0.6 is 0 Å². The smallest absolute Gasteiger partial charge is 0.306 e. The van der Waals surface area contributed by atoms with Crippen molar-refractivity contribution in [2.24, 2.45) is 17.8 Å². The minimum absolute atomic E-state index is 0.0712. The van der Waals surface area contributed by atoms with Gasteiger partial charge in [0.2, 0.25) is 0 Å². The average molecular weight is 198 g/mol. The minimum atomic E-state index is -0.584. The van der Waals surface area contributed by atoms with Gasteiger partial charge in [0.25, 0.3) is 0 Å². The topological polar surface area (TPSA) is 46.5 Å². The van der Waals surface area contributed by atoms with Crippen molar-refractivity contribution in [3.63, 3.8) is 0 Å². The van der Waals surface area contributed by atoms with E-state index in [1.54, 1.807) is 0 Å². The molecule has 0 aromatic carbocycles. The first kappa shape index (κ1) is 9.97. The van der Waals surface area contributed by atoms with Gasteiger partial charge in [0.15, 0.2) is 0 Å². The summed E-state index contributed by atoms with van der Waals surface area (Å²) in [7, 11) is 0. The number of rotatable bonds is 2. The summed E-state index contributed by atoms with van der Waals surface area (Å²) in [4.78, 5) is 11.0. The van der Waals surface area contributed by atoms with E-state index in [0.29, 0.717) is 11.8 Å². The third-order valence-electron chi connectivity index (χ3n) is 3.76. The first-order valence-electron chi connectivity index (χ1n) is 5.59. The molecule has 0 amide bonds. The molecule has 1 aliphatic carbocycles. The Morgan fingerprint density at radius 2 is 1.86 bits per heavy atom. The molecule has 2 fully saturated rings. The molecule has 1 aliphatic heterocycles. The van der Waals surface area contributed by atoms with Crippen LogP contribution in [0.15, 0.2) is 0 Å². The van der Waals surface area contributed by atoms with Crippen molar-refractivity contribution >= 4 is 5.97 Å². The van der Waals surface area contributed by atoms with Crippen molar-refractivity contribution in [1.82, 2.24) is 0 Å². The maximum Gasteiger partial charge on any atom is 0.306 e. The van der Waals surface area contributed by atoms with E-state index in [1.807, 2.05) is 0 Å². The summed E-state index contributed by atoms with van der Waals surface area (Å²) in [6, 6.07) is 0. The van der Waals surface area contributed by atoms with Gasteiger partial charge in [0, 0.05) is 13.2 Å². The molecular weight excluding hydrogens is 180 g/mol. The van der Waals surface area contributed by atoms with Crippen LogP contribution in [-0.4, -0.2) is 24.3 Å². The van der Waals surface area contributed by atoms with Gasteiger partial charge in [-0.2, -0.15) is 0 Å². The molecule has 80 valence electrons. The van der Waals surface area contributed by atoms with Crippen molar-refractivity contribution in [2.75, 3.05) is 13.2 Å². The van der Waals surface area contributed by atoms with Crippen molar-refractivity contribution in [3.05, 3.63) is 0 Å². The van der Waals surface area contributed by atoms with Crippen LogP contribution < -0.4 is 0 Å². The molecule has 3 heteroatoms. The number of carbonyl (C=O) groups is 1. The Balaban J connectivity index is 1.97. The molecule has 14 heavy (non-hydrogen) atoms. The zero-order chi connectivity index (χ0) is 9.97. The van der Waals surface area contributed by atoms with Gasteiger partial charge in [0.1, 0.15) is 0 Å². The van der Waals surface area contributed by atoms with Crippen molar-refractivity contribution in [3.8, 4) is 0 Å². The van der Waals surface area contributed by atoms with E-state index in [1.165, 1.54) is 0 Å². The molecule has 1 saturated carbocycles. The van der Waals surface area contributed by atoms with Crippen LogP contribution in [0, 0.1) is 17.8 Å². The summed E-state index contributed by atoms with van der Waals surface area (Å²) < 4.78 is 5.31. The number of aliphatic carboxylic acids is 1. The third kappa shape index (κ3) is 1.92. The summed E-state index contributed by atoms with van der Waals surface area (Å²) in [5.41, 5.74) is 0. The Labute approximate surface area is 84.4 Å². The van der Waals surface area contributed by atoms with E-state index >= 15 is 0 Å². The highest BCUT2D eigenvalue weighted by molar-refractivity contribution is 5.70. The Kier molecular flexibility index (Phi) is 3.06. The first-order valence-corrected chi connectivity index (χ1v) is 5.59. The molecule has 2 unspecified atom stereocenters. The van der Waals surface area contributed by atoms with Crippen molar-refractivity contribution in [1.29, 1.82) is 0 Å². The summed E-state index contributed by atoms with van der Waals surface area (Å²) in [5.74, 6) is 0.376. The third-order valence-corrected chi connectivity index (χ3v) is 3.76.